The zero-order chi connectivity index (χ0) is 23.7. The lowest BCUT2D eigenvalue weighted by Crippen LogP contribution is -2.43. The van der Waals surface area contributed by atoms with Gasteiger partial charge >= 0.3 is 6.09 Å². The fraction of sp³-hybridized carbons (Fsp3) is 0.625. The lowest BCUT2D eigenvalue weighted by Gasteiger charge is -2.21. The average Bonchev–Trinajstić information content (AvgIpc) is 2.96. The summed E-state index contributed by atoms with van der Waals surface area (Å²) in [6, 6.07) is 5.10. The van der Waals surface area contributed by atoms with E-state index in [0.717, 1.165) is 44.3 Å². The van der Waals surface area contributed by atoms with E-state index in [1.54, 1.807) is 39.0 Å². The third kappa shape index (κ3) is 7.60. The molecular weight excluding hydrogens is 408 g/mol. The molecule has 3 N–H and O–H groups in total. The molecule has 178 valence electrons. The molecule has 1 aliphatic heterocycles. The molecule has 0 saturated heterocycles. The average molecular weight is 447 g/mol. The van der Waals surface area contributed by atoms with E-state index in [1.807, 2.05) is 0 Å². The van der Waals surface area contributed by atoms with Crippen molar-refractivity contribution in [3.05, 3.63) is 34.9 Å². The van der Waals surface area contributed by atoms with E-state index in [2.05, 4.69) is 29.8 Å². The van der Waals surface area contributed by atoms with Crippen molar-refractivity contribution in [3.63, 3.8) is 0 Å². The summed E-state index contributed by atoms with van der Waals surface area (Å²) in [6.45, 7) is 12.1. The fourth-order valence-electron chi connectivity index (χ4n) is 3.51. The molecule has 0 atom stereocenters. The van der Waals surface area contributed by atoms with Crippen LogP contribution in [0.5, 0.6) is 0 Å². The Balaban J connectivity index is 1.93. The summed E-state index contributed by atoms with van der Waals surface area (Å²) in [5.74, 6) is -0.528. The van der Waals surface area contributed by atoms with Crippen LogP contribution in [-0.4, -0.2) is 54.2 Å². The van der Waals surface area contributed by atoms with Crippen molar-refractivity contribution in [2.75, 3.05) is 19.6 Å². The van der Waals surface area contributed by atoms with Gasteiger partial charge in [-0.3, -0.25) is 14.5 Å². The molecule has 0 fully saturated rings. The minimum atomic E-state index is -0.581. The molecule has 0 aromatic heterocycles. The number of fused-ring (bicyclic) bond motifs is 1. The maximum Gasteiger partial charge on any atom is 0.407 e. The molecule has 0 spiro atoms. The first-order valence-corrected chi connectivity index (χ1v) is 11.6. The van der Waals surface area contributed by atoms with Gasteiger partial charge in [0.25, 0.3) is 11.8 Å². The number of hydrogen-bond donors (Lipinski definition) is 3. The highest BCUT2D eigenvalue weighted by molar-refractivity contribution is 6.21. The van der Waals surface area contributed by atoms with Crippen LogP contribution in [0.3, 0.4) is 0 Å². The van der Waals surface area contributed by atoms with Crippen LogP contribution < -0.4 is 16.0 Å². The van der Waals surface area contributed by atoms with Crippen LogP contribution in [0, 0.1) is 0 Å². The Morgan fingerprint density at radius 3 is 2.25 bits per heavy atom. The van der Waals surface area contributed by atoms with Gasteiger partial charge in [0.1, 0.15) is 5.60 Å². The monoisotopic (exact) mass is 446 g/mol. The molecule has 0 radical (unpaired) electrons. The van der Waals surface area contributed by atoms with Crippen molar-refractivity contribution in [1.29, 1.82) is 0 Å². The number of imide groups is 1. The highest BCUT2D eigenvalue weighted by atomic mass is 16.6. The van der Waals surface area contributed by atoms with E-state index in [4.69, 9.17) is 4.74 Å². The number of nitrogens with zero attached hydrogens (tertiary/aromatic N) is 1. The summed E-state index contributed by atoms with van der Waals surface area (Å²) in [5.41, 5.74) is 0.969. The van der Waals surface area contributed by atoms with Crippen LogP contribution >= 0.6 is 0 Å². The minimum absolute atomic E-state index is 0.176. The molecule has 0 saturated carbocycles. The summed E-state index contributed by atoms with van der Waals surface area (Å²) in [5, 5.41) is 9.62. The van der Waals surface area contributed by atoms with Gasteiger partial charge < -0.3 is 20.7 Å². The van der Waals surface area contributed by atoms with Gasteiger partial charge in [0, 0.05) is 13.1 Å². The molecule has 3 amide bonds. The second-order valence-corrected chi connectivity index (χ2v) is 9.10. The Hall–Kier alpha value is -2.45. The van der Waals surface area contributed by atoms with Gasteiger partial charge in [-0.15, -0.1) is 0 Å². The molecule has 8 heteroatoms. The number of carbonyl (C=O) groups excluding carboxylic acids is 3. The number of rotatable bonds is 12. The molecular formula is C24H38N4O4. The zero-order valence-electron chi connectivity index (χ0n) is 20.0. The smallest absolute Gasteiger partial charge is 0.407 e. The van der Waals surface area contributed by atoms with Crippen molar-refractivity contribution >= 4 is 17.9 Å². The molecule has 0 bridgehead atoms. The van der Waals surface area contributed by atoms with Gasteiger partial charge in [-0.1, -0.05) is 19.9 Å². The number of nitrogens with one attached hydrogen (secondary N) is 3. The third-order valence-corrected chi connectivity index (χ3v) is 5.03. The second kappa shape index (κ2) is 12.0. The number of ether oxygens (including phenoxy) is 1. The fourth-order valence-corrected chi connectivity index (χ4v) is 3.51. The standard InChI is InChI=1S/C24H38N4O4/c1-6-12-25-20(26-13-7-2)9-8-14-28-21(29)18-11-10-17(15-19(18)22(28)30)16-27-23(31)32-24(3,4)5/h10-11,15,20,25-26H,6-9,12-14,16H2,1-5H3,(H,27,31). The Morgan fingerprint density at radius 1 is 1.03 bits per heavy atom. The Kier molecular flexibility index (Phi) is 9.65. The van der Waals surface area contributed by atoms with Gasteiger partial charge in [-0.05, 0) is 77.2 Å². The lowest BCUT2D eigenvalue weighted by atomic mass is 10.1. The summed E-state index contributed by atoms with van der Waals surface area (Å²) in [6.07, 6.45) is 3.30. The summed E-state index contributed by atoms with van der Waals surface area (Å²) in [7, 11) is 0. The largest absolute Gasteiger partial charge is 0.444 e. The molecule has 2 rings (SSSR count). The van der Waals surface area contributed by atoms with E-state index in [9.17, 15) is 14.4 Å². The van der Waals surface area contributed by atoms with E-state index in [-0.39, 0.29) is 24.5 Å². The third-order valence-electron chi connectivity index (χ3n) is 5.03. The van der Waals surface area contributed by atoms with E-state index in [1.165, 1.54) is 4.90 Å². The predicted octanol–water partition coefficient (Wildman–Crippen LogP) is 3.41. The van der Waals surface area contributed by atoms with Crippen LogP contribution in [0.25, 0.3) is 0 Å². The molecule has 8 nitrogen and oxygen atoms in total. The van der Waals surface area contributed by atoms with Gasteiger partial charge in [0.2, 0.25) is 0 Å². The van der Waals surface area contributed by atoms with Crippen LogP contribution in [0.15, 0.2) is 18.2 Å². The molecule has 1 aromatic carbocycles. The number of benzene rings is 1. The highest BCUT2D eigenvalue weighted by Crippen LogP contribution is 2.24. The molecule has 1 heterocycles. The first kappa shape index (κ1) is 25.8. The van der Waals surface area contributed by atoms with Gasteiger partial charge in [0.05, 0.1) is 17.3 Å². The van der Waals surface area contributed by atoms with Crippen molar-refractivity contribution < 1.29 is 19.1 Å². The molecule has 1 aromatic rings. The second-order valence-electron chi connectivity index (χ2n) is 9.10. The van der Waals surface area contributed by atoms with Gasteiger partial charge in [-0.25, -0.2) is 4.79 Å². The number of carbonyl (C=O) groups is 3. The van der Waals surface area contributed by atoms with Crippen molar-refractivity contribution in [2.45, 2.75) is 78.6 Å². The van der Waals surface area contributed by atoms with E-state index < -0.39 is 11.7 Å². The summed E-state index contributed by atoms with van der Waals surface area (Å²) in [4.78, 5) is 38.8. The van der Waals surface area contributed by atoms with Crippen LogP contribution in [0.1, 0.15) is 86.6 Å². The highest BCUT2D eigenvalue weighted by Gasteiger charge is 2.35. The Labute approximate surface area is 191 Å². The summed E-state index contributed by atoms with van der Waals surface area (Å²) >= 11 is 0. The number of hydrogen-bond acceptors (Lipinski definition) is 6. The number of amides is 3. The maximum atomic E-state index is 12.9. The molecule has 32 heavy (non-hydrogen) atoms. The maximum absolute atomic E-state index is 12.9. The SMILES string of the molecule is CCCNC(CCCN1C(=O)c2ccc(CNC(=O)OC(C)(C)C)cc2C1=O)NCCC. The molecule has 0 unspecified atom stereocenters. The number of alkyl carbamates (subject to hydrolysis) is 1. The van der Waals surface area contributed by atoms with Gasteiger partial charge in [0.15, 0.2) is 0 Å². The van der Waals surface area contributed by atoms with Crippen LogP contribution in [-0.2, 0) is 11.3 Å². The van der Waals surface area contributed by atoms with E-state index >= 15 is 0 Å². The predicted molar refractivity (Wildman–Crippen MR) is 124 cm³/mol. The van der Waals surface area contributed by atoms with Crippen LogP contribution in [0.2, 0.25) is 0 Å². The first-order chi connectivity index (χ1) is 15.2. The van der Waals surface area contributed by atoms with E-state index in [0.29, 0.717) is 17.7 Å². The zero-order valence-corrected chi connectivity index (χ0v) is 20.0. The van der Waals surface area contributed by atoms with Crippen molar-refractivity contribution in [2.24, 2.45) is 0 Å². The molecule has 0 aliphatic carbocycles. The molecule has 1 aliphatic rings. The normalized spacial score (nSPS) is 13.6. The summed E-state index contributed by atoms with van der Waals surface area (Å²) < 4.78 is 5.23. The Bertz CT molecular complexity index is 796. The Morgan fingerprint density at radius 2 is 1.66 bits per heavy atom. The van der Waals surface area contributed by atoms with Gasteiger partial charge in [-0.2, -0.15) is 0 Å². The minimum Gasteiger partial charge on any atom is -0.444 e. The quantitative estimate of drug-likeness (QED) is 0.336. The van der Waals surface area contributed by atoms with Crippen molar-refractivity contribution in [3.8, 4) is 0 Å². The van der Waals surface area contributed by atoms with Crippen molar-refractivity contribution in [1.82, 2.24) is 20.9 Å². The van der Waals surface area contributed by atoms with Crippen LogP contribution in [0.4, 0.5) is 4.79 Å². The topological polar surface area (TPSA) is 99.8 Å². The first-order valence-electron chi connectivity index (χ1n) is 11.6. The lowest BCUT2D eigenvalue weighted by molar-refractivity contribution is 0.0522.